The molecule has 11 heteroatoms. The van der Waals surface area contributed by atoms with Crippen LogP contribution in [0.3, 0.4) is 0 Å². The quantitative estimate of drug-likeness (QED) is 0.473. The number of carbonyl (C=O) groups is 2. The molecule has 168 valence electrons. The average Bonchev–Trinajstić information content (AvgIpc) is 3.17. The first-order chi connectivity index (χ1) is 15.1. The van der Waals surface area contributed by atoms with E-state index in [0.717, 1.165) is 23.1 Å². The number of amides is 1. The van der Waals surface area contributed by atoms with E-state index in [1.807, 2.05) is 0 Å². The number of carbonyl (C=O) groups excluding carboxylic acids is 2. The van der Waals surface area contributed by atoms with Crippen molar-refractivity contribution in [3.8, 4) is 0 Å². The normalized spacial score (nSPS) is 11.1. The summed E-state index contributed by atoms with van der Waals surface area (Å²) in [6.45, 7) is -0.185. The second-order valence-electron chi connectivity index (χ2n) is 6.67. The fraction of sp³-hybridized carbons (Fsp3) is 0.143. The van der Waals surface area contributed by atoms with E-state index < -0.39 is 34.3 Å². The lowest BCUT2D eigenvalue weighted by molar-refractivity contribution is -0.133. The third-order valence-corrected chi connectivity index (χ3v) is 6.85. The Balaban J connectivity index is 1.61. The summed E-state index contributed by atoms with van der Waals surface area (Å²) in [6.07, 6.45) is 0. The van der Waals surface area contributed by atoms with Gasteiger partial charge in [-0.2, -0.15) is 0 Å². The Hall–Kier alpha value is -2.95. The van der Waals surface area contributed by atoms with Crippen LogP contribution in [0.1, 0.15) is 15.2 Å². The number of halogens is 2. The molecule has 1 aromatic heterocycles. The fourth-order valence-corrected chi connectivity index (χ4v) is 4.85. The number of likely N-dealkylation sites (N-methyl/N-ethyl adjacent to an activating group) is 1. The van der Waals surface area contributed by atoms with Crippen molar-refractivity contribution in [3.05, 3.63) is 81.3 Å². The number of hydrogen-bond donors (Lipinski definition) is 1. The van der Waals surface area contributed by atoms with Gasteiger partial charge in [0.2, 0.25) is 0 Å². The minimum atomic E-state index is -4.02. The molecule has 0 spiro atoms. The zero-order chi connectivity index (χ0) is 23.3. The van der Waals surface area contributed by atoms with E-state index in [2.05, 4.69) is 4.72 Å². The highest BCUT2D eigenvalue weighted by molar-refractivity contribution is 7.92. The van der Waals surface area contributed by atoms with Crippen molar-refractivity contribution in [2.75, 3.05) is 18.4 Å². The first kappa shape index (κ1) is 23.7. The summed E-state index contributed by atoms with van der Waals surface area (Å²) in [5.41, 5.74) is 0.132. The fourth-order valence-electron chi connectivity index (χ4n) is 2.60. The monoisotopic (exact) mass is 496 g/mol. The van der Waals surface area contributed by atoms with Crippen molar-refractivity contribution in [1.29, 1.82) is 0 Å². The number of rotatable bonds is 8. The molecule has 1 heterocycles. The molecule has 0 radical (unpaired) electrons. The average molecular weight is 497 g/mol. The predicted octanol–water partition coefficient (Wildman–Crippen LogP) is 4.16. The highest BCUT2D eigenvalue weighted by Gasteiger charge is 2.19. The van der Waals surface area contributed by atoms with Gasteiger partial charge in [0.1, 0.15) is 5.82 Å². The van der Waals surface area contributed by atoms with Crippen molar-refractivity contribution in [2.45, 2.75) is 11.4 Å². The van der Waals surface area contributed by atoms with Crippen LogP contribution >= 0.6 is 22.9 Å². The lowest BCUT2D eigenvalue weighted by atomic mass is 10.2. The standard InChI is InChI=1S/C21H18ClFN2O5S2/c1-25(12-17-9-10-19(22)31-17)20(26)13-30-21(27)14-3-2-4-18(11-14)32(28,29)24-16-7-5-15(23)6-8-16/h2-11,24H,12-13H2,1H3. The van der Waals surface area contributed by atoms with E-state index in [9.17, 15) is 22.4 Å². The Morgan fingerprint density at radius 1 is 1.12 bits per heavy atom. The minimum Gasteiger partial charge on any atom is -0.452 e. The van der Waals surface area contributed by atoms with Gasteiger partial charge in [0.15, 0.2) is 6.61 Å². The van der Waals surface area contributed by atoms with Gasteiger partial charge in [0.05, 0.1) is 21.3 Å². The number of benzene rings is 2. The van der Waals surface area contributed by atoms with Crippen LogP contribution in [0.5, 0.6) is 0 Å². The molecule has 0 aliphatic rings. The van der Waals surface area contributed by atoms with E-state index in [4.69, 9.17) is 16.3 Å². The van der Waals surface area contributed by atoms with Gasteiger partial charge in [0.25, 0.3) is 15.9 Å². The minimum absolute atomic E-state index is 0.0347. The molecule has 0 atom stereocenters. The van der Waals surface area contributed by atoms with Gasteiger partial charge in [-0.1, -0.05) is 17.7 Å². The first-order valence-electron chi connectivity index (χ1n) is 9.18. The zero-order valence-electron chi connectivity index (χ0n) is 16.7. The maximum Gasteiger partial charge on any atom is 0.338 e. The van der Waals surface area contributed by atoms with E-state index >= 15 is 0 Å². The topological polar surface area (TPSA) is 92.8 Å². The van der Waals surface area contributed by atoms with Crippen LogP contribution in [0.2, 0.25) is 4.34 Å². The number of hydrogen-bond acceptors (Lipinski definition) is 6. The van der Waals surface area contributed by atoms with Crippen molar-refractivity contribution < 1.29 is 27.1 Å². The molecule has 1 amide bonds. The summed E-state index contributed by atoms with van der Waals surface area (Å²) in [7, 11) is -2.46. The van der Waals surface area contributed by atoms with Crippen LogP contribution in [-0.2, 0) is 26.1 Å². The van der Waals surface area contributed by atoms with Gasteiger partial charge in [-0.25, -0.2) is 17.6 Å². The van der Waals surface area contributed by atoms with Crippen LogP contribution in [0.15, 0.2) is 65.6 Å². The molecule has 0 unspecified atom stereocenters. The highest BCUT2D eigenvalue weighted by Crippen LogP contribution is 2.22. The number of thiophene rings is 1. The zero-order valence-corrected chi connectivity index (χ0v) is 19.1. The van der Waals surface area contributed by atoms with Gasteiger partial charge in [0, 0.05) is 17.6 Å². The van der Waals surface area contributed by atoms with Crippen LogP contribution < -0.4 is 4.72 Å². The Morgan fingerprint density at radius 3 is 2.50 bits per heavy atom. The van der Waals surface area contributed by atoms with E-state index in [1.165, 1.54) is 46.6 Å². The van der Waals surface area contributed by atoms with Gasteiger partial charge < -0.3 is 9.64 Å². The second kappa shape index (κ2) is 10.1. The summed E-state index contributed by atoms with van der Waals surface area (Å²) in [5, 5.41) is 0. The SMILES string of the molecule is CN(Cc1ccc(Cl)s1)C(=O)COC(=O)c1cccc(S(=O)(=O)Nc2ccc(F)cc2)c1. The van der Waals surface area contributed by atoms with Crippen LogP contribution in [0, 0.1) is 5.82 Å². The molecular weight excluding hydrogens is 479 g/mol. The summed E-state index contributed by atoms with van der Waals surface area (Å²) in [5.74, 6) is -1.77. The molecule has 3 aromatic rings. The van der Waals surface area contributed by atoms with Crippen LogP contribution in [0.4, 0.5) is 10.1 Å². The molecule has 0 fully saturated rings. The van der Waals surface area contributed by atoms with Gasteiger partial charge in [-0.3, -0.25) is 9.52 Å². The molecule has 7 nitrogen and oxygen atoms in total. The second-order valence-corrected chi connectivity index (χ2v) is 10.2. The lowest BCUT2D eigenvalue weighted by Gasteiger charge is -2.16. The Bertz CT molecular complexity index is 1230. The van der Waals surface area contributed by atoms with Crippen molar-refractivity contribution in [1.82, 2.24) is 4.90 Å². The number of nitrogens with one attached hydrogen (secondary N) is 1. The Kier molecular flexibility index (Phi) is 7.49. The van der Waals surface area contributed by atoms with Crippen molar-refractivity contribution in [3.63, 3.8) is 0 Å². The largest absolute Gasteiger partial charge is 0.452 e. The van der Waals surface area contributed by atoms with Crippen molar-refractivity contribution in [2.24, 2.45) is 0 Å². The molecule has 0 bridgehead atoms. The molecular formula is C21H18ClFN2O5S2. The Labute approximate surface area is 193 Å². The van der Waals surface area contributed by atoms with Gasteiger partial charge in [-0.05, 0) is 54.6 Å². The third-order valence-electron chi connectivity index (χ3n) is 4.25. The van der Waals surface area contributed by atoms with E-state index in [0.29, 0.717) is 10.9 Å². The summed E-state index contributed by atoms with van der Waals surface area (Å²) < 4.78 is 46.1. The number of sulfonamides is 1. The molecule has 0 saturated carbocycles. The van der Waals surface area contributed by atoms with E-state index in [-0.39, 0.29) is 16.1 Å². The van der Waals surface area contributed by atoms with Crippen molar-refractivity contribution >= 4 is 50.5 Å². The third kappa shape index (κ3) is 6.28. The number of anilines is 1. The highest BCUT2D eigenvalue weighted by atomic mass is 35.5. The smallest absolute Gasteiger partial charge is 0.338 e. The summed E-state index contributed by atoms with van der Waals surface area (Å²) in [6, 6.07) is 13.5. The molecule has 2 aromatic carbocycles. The number of nitrogens with zero attached hydrogens (tertiary/aromatic N) is 1. The number of ether oxygens (including phenoxy) is 1. The van der Waals surface area contributed by atoms with Crippen LogP contribution in [0.25, 0.3) is 0 Å². The molecule has 0 aliphatic heterocycles. The van der Waals surface area contributed by atoms with Crippen LogP contribution in [-0.4, -0.2) is 38.8 Å². The Morgan fingerprint density at radius 2 is 1.84 bits per heavy atom. The molecule has 32 heavy (non-hydrogen) atoms. The maximum absolute atomic E-state index is 13.0. The summed E-state index contributed by atoms with van der Waals surface area (Å²) >= 11 is 7.22. The molecule has 3 rings (SSSR count). The van der Waals surface area contributed by atoms with E-state index in [1.54, 1.807) is 19.2 Å². The molecule has 0 saturated heterocycles. The van der Waals surface area contributed by atoms with Gasteiger partial charge >= 0.3 is 5.97 Å². The predicted molar refractivity (Wildman–Crippen MR) is 120 cm³/mol. The maximum atomic E-state index is 13.0. The first-order valence-corrected chi connectivity index (χ1v) is 11.9. The molecule has 1 N–H and O–H groups in total. The lowest BCUT2D eigenvalue weighted by Crippen LogP contribution is -2.30. The number of esters is 1. The summed E-state index contributed by atoms with van der Waals surface area (Å²) in [4.78, 5) is 26.7. The molecule has 0 aliphatic carbocycles. The van der Waals surface area contributed by atoms with Gasteiger partial charge in [-0.15, -0.1) is 11.3 Å².